The maximum atomic E-state index is 13.8. The fourth-order valence-corrected chi connectivity index (χ4v) is 3.97. The standard InChI is InChI=1S/C26H22FNO4.C2H6/c1-17(2)22(29)26(24(31)28-21-11-7-4-8-12-21)25(32-26,19-9-5-3-6-10-19)23(30)18-13-15-20(27)16-14-18;1-2/h3-17H,1-2H3,(H,28,31);1-2H3. The molecule has 3 aromatic rings. The number of ether oxygens (including phenoxy) is 1. The number of nitrogens with one attached hydrogen (secondary N) is 1. The predicted molar refractivity (Wildman–Crippen MR) is 129 cm³/mol. The molecule has 5 nitrogen and oxygen atoms in total. The molecule has 1 aliphatic rings. The molecule has 34 heavy (non-hydrogen) atoms. The van der Waals surface area contributed by atoms with Crippen LogP contribution in [0, 0.1) is 11.7 Å². The summed E-state index contributed by atoms with van der Waals surface area (Å²) in [6, 6.07) is 22.1. The van der Waals surface area contributed by atoms with Crippen molar-refractivity contribution in [2.24, 2.45) is 5.92 Å². The molecule has 176 valence electrons. The van der Waals surface area contributed by atoms with Crippen molar-refractivity contribution >= 4 is 23.2 Å². The first kappa shape index (κ1) is 25.0. The molecule has 2 unspecified atom stereocenters. The molecule has 0 bridgehead atoms. The molecule has 0 spiro atoms. The summed E-state index contributed by atoms with van der Waals surface area (Å²) >= 11 is 0. The zero-order valence-corrected chi connectivity index (χ0v) is 19.7. The number of halogens is 1. The van der Waals surface area contributed by atoms with Gasteiger partial charge in [-0.15, -0.1) is 0 Å². The van der Waals surface area contributed by atoms with Crippen LogP contribution in [-0.2, 0) is 19.9 Å². The lowest BCUT2D eigenvalue weighted by atomic mass is 9.75. The zero-order chi connectivity index (χ0) is 24.9. The molecule has 1 heterocycles. The summed E-state index contributed by atoms with van der Waals surface area (Å²) in [4.78, 5) is 40.8. The number of hydrogen-bond acceptors (Lipinski definition) is 4. The second-order valence-electron chi connectivity index (χ2n) is 8.01. The van der Waals surface area contributed by atoms with Crippen LogP contribution in [-0.4, -0.2) is 23.1 Å². The van der Waals surface area contributed by atoms with Gasteiger partial charge in [0.1, 0.15) is 5.82 Å². The molecule has 1 aliphatic heterocycles. The first-order chi connectivity index (χ1) is 16.3. The molecule has 4 rings (SSSR count). The number of epoxide rings is 1. The summed E-state index contributed by atoms with van der Waals surface area (Å²) in [7, 11) is 0. The molecular formula is C28H28FNO4. The molecule has 0 radical (unpaired) electrons. The average Bonchev–Trinajstić information content (AvgIpc) is 3.58. The van der Waals surface area contributed by atoms with Crippen LogP contribution in [0.3, 0.4) is 0 Å². The van der Waals surface area contributed by atoms with Crippen LogP contribution in [0.2, 0.25) is 0 Å². The normalized spacial score (nSPS) is 20.6. The van der Waals surface area contributed by atoms with Gasteiger partial charge in [0.2, 0.25) is 17.0 Å². The van der Waals surface area contributed by atoms with E-state index in [9.17, 15) is 18.8 Å². The Morgan fingerprint density at radius 1 is 0.824 bits per heavy atom. The molecule has 0 aliphatic carbocycles. The van der Waals surface area contributed by atoms with Crippen LogP contribution >= 0.6 is 0 Å². The summed E-state index contributed by atoms with van der Waals surface area (Å²) < 4.78 is 19.5. The Labute approximate surface area is 199 Å². The lowest BCUT2D eigenvalue weighted by molar-refractivity contribution is -0.135. The Kier molecular flexibility index (Phi) is 7.42. The lowest BCUT2D eigenvalue weighted by Crippen LogP contribution is -2.48. The lowest BCUT2D eigenvalue weighted by Gasteiger charge is -2.20. The van der Waals surface area contributed by atoms with Crippen molar-refractivity contribution in [3.8, 4) is 0 Å². The summed E-state index contributed by atoms with van der Waals surface area (Å²) in [5.74, 6) is -2.89. The Bertz CT molecular complexity index is 1160. The third-order valence-corrected chi connectivity index (χ3v) is 5.59. The average molecular weight is 462 g/mol. The van der Waals surface area contributed by atoms with E-state index in [0.717, 1.165) is 12.1 Å². The molecule has 0 aromatic heterocycles. The van der Waals surface area contributed by atoms with Gasteiger partial charge in [-0.1, -0.05) is 76.2 Å². The van der Waals surface area contributed by atoms with Crippen molar-refractivity contribution in [3.63, 3.8) is 0 Å². The van der Waals surface area contributed by atoms with Crippen molar-refractivity contribution in [1.29, 1.82) is 0 Å². The van der Waals surface area contributed by atoms with E-state index in [0.29, 0.717) is 11.3 Å². The van der Waals surface area contributed by atoms with E-state index >= 15 is 0 Å². The second-order valence-corrected chi connectivity index (χ2v) is 8.01. The first-order valence-corrected chi connectivity index (χ1v) is 11.3. The van der Waals surface area contributed by atoms with Gasteiger partial charge in [0.25, 0.3) is 5.91 Å². The highest BCUT2D eigenvalue weighted by molar-refractivity contribution is 6.26. The fraction of sp³-hybridized carbons (Fsp3) is 0.250. The first-order valence-electron chi connectivity index (χ1n) is 11.3. The van der Waals surface area contributed by atoms with Crippen LogP contribution in [0.1, 0.15) is 43.6 Å². The number of amides is 1. The van der Waals surface area contributed by atoms with Crippen molar-refractivity contribution in [2.45, 2.75) is 38.9 Å². The monoisotopic (exact) mass is 461 g/mol. The van der Waals surface area contributed by atoms with E-state index in [4.69, 9.17) is 4.74 Å². The third kappa shape index (κ3) is 4.17. The van der Waals surface area contributed by atoms with Gasteiger partial charge in [0.15, 0.2) is 5.78 Å². The Balaban J connectivity index is 0.00000158. The van der Waals surface area contributed by atoms with Crippen LogP contribution in [0.15, 0.2) is 84.9 Å². The zero-order valence-electron chi connectivity index (χ0n) is 19.7. The molecule has 3 aromatic carbocycles. The largest absolute Gasteiger partial charge is 0.330 e. The number of anilines is 1. The van der Waals surface area contributed by atoms with E-state index in [1.165, 1.54) is 12.1 Å². The number of carbonyl (C=O) groups is 3. The summed E-state index contributed by atoms with van der Waals surface area (Å²) in [6.07, 6.45) is 0. The van der Waals surface area contributed by atoms with Gasteiger partial charge in [-0.2, -0.15) is 0 Å². The van der Waals surface area contributed by atoms with Gasteiger partial charge in [-0.05, 0) is 42.0 Å². The number of hydrogen-bond donors (Lipinski definition) is 1. The molecular weight excluding hydrogens is 433 g/mol. The maximum absolute atomic E-state index is 13.8. The number of Topliss-reactive ketones (excluding diaryl/α,β-unsaturated/α-hetero) is 2. The van der Waals surface area contributed by atoms with Crippen LogP contribution in [0.4, 0.5) is 10.1 Å². The van der Waals surface area contributed by atoms with Crippen LogP contribution in [0.25, 0.3) is 0 Å². The molecule has 1 saturated heterocycles. The van der Waals surface area contributed by atoms with Crippen molar-refractivity contribution in [1.82, 2.24) is 0 Å². The van der Waals surface area contributed by atoms with E-state index in [1.54, 1.807) is 74.5 Å². The van der Waals surface area contributed by atoms with E-state index in [-0.39, 0.29) is 5.56 Å². The van der Waals surface area contributed by atoms with E-state index < -0.39 is 40.4 Å². The summed E-state index contributed by atoms with van der Waals surface area (Å²) in [5.41, 5.74) is -2.91. The Morgan fingerprint density at radius 2 is 1.35 bits per heavy atom. The molecule has 2 atom stereocenters. The number of carbonyl (C=O) groups excluding carboxylic acids is 3. The Hall–Kier alpha value is -3.64. The van der Waals surface area contributed by atoms with Crippen molar-refractivity contribution in [3.05, 3.63) is 102 Å². The number of para-hydroxylation sites is 1. The number of ketones is 2. The molecule has 1 fully saturated rings. The topological polar surface area (TPSA) is 75.8 Å². The smallest absolute Gasteiger partial charge is 0.268 e. The highest BCUT2D eigenvalue weighted by Crippen LogP contribution is 2.59. The minimum Gasteiger partial charge on any atom is -0.330 e. The summed E-state index contributed by atoms with van der Waals surface area (Å²) in [6.45, 7) is 7.30. The van der Waals surface area contributed by atoms with Gasteiger partial charge in [0.05, 0.1) is 0 Å². The fourth-order valence-electron chi connectivity index (χ4n) is 3.97. The highest BCUT2D eigenvalue weighted by atomic mass is 19.1. The van der Waals surface area contributed by atoms with Crippen molar-refractivity contribution in [2.75, 3.05) is 5.32 Å². The second kappa shape index (κ2) is 10.1. The number of benzene rings is 3. The SMILES string of the molecule is CC.CC(C)C(=O)C1(C(=O)Nc2ccccc2)OC1(C(=O)c1ccc(F)cc1)c1ccccc1. The van der Waals surface area contributed by atoms with Crippen LogP contribution in [0.5, 0.6) is 0 Å². The third-order valence-electron chi connectivity index (χ3n) is 5.59. The minimum absolute atomic E-state index is 0.140. The minimum atomic E-state index is -2.05. The quantitative estimate of drug-likeness (QED) is 0.284. The van der Waals surface area contributed by atoms with Gasteiger partial charge in [0, 0.05) is 17.2 Å². The molecule has 1 amide bonds. The Morgan fingerprint density at radius 3 is 1.88 bits per heavy atom. The number of rotatable bonds is 7. The van der Waals surface area contributed by atoms with Crippen molar-refractivity contribution < 1.29 is 23.5 Å². The van der Waals surface area contributed by atoms with Gasteiger partial charge in [-0.25, -0.2) is 4.39 Å². The maximum Gasteiger partial charge on any atom is 0.268 e. The van der Waals surface area contributed by atoms with E-state index in [2.05, 4.69) is 5.32 Å². The molecule has 6 heteroatoms. The van der Waals surface area contributed by atoms with Gasteiger partial charge < -0.3 is 10.1 Å². The molecule has 0 saturated carbocycles. The van der Waals surface area contributed by atoms with Gasteiger partial charge >= 0.3 is 0 Å². The van der Waals surface area contributed by atoms with Crippen LogP contribution < -0.4 is 5.32 Å². The molecule has 1 N–H and O–H groups in total. The predicted octanol–water partition coefficient (Wildman–Crippen LogP) is 5.56. The summed E-state index contributed by atoms with van der Waals surface area (Å²) in [5, 5.41) is 2.72. The van der Waals surface area contributed by atoms with Gasteiger partial charge in [-0.3, -0.25) is 14.4 Å². The van der Waals surface area contributed by atoms with E-state index in [1.807, 2.05) is 13.8 Å². The highest BCUT2D eigenvalue weighted by Gasteiger charge is 2.83.